The third-order valence-corrected chi connectivity index (χ3v) is 5.67. The van der Waals surface area contributed by atoms with Crippen LogP contribution in [0.5, 0.6) is 0 Å². The van der Waals surface area contributed by atoms with E-state index in [1.54, 1.807) is 24.6 Å². The summed E-state index contributed by atoms with van der Waals surface area (Å²) in [5, 5.41) is 0.457. The van der Waals surface area contributed by atoms with E-state index in [9.17, 15) is 4.79 Å². The minimum atomic E-state index is -0.315. The maximum Gasteiger partial charge on any atom is 0.255 e. The molecule has 0 saturated heterocycles. The van der Waals surface area contributed by atoms with E-state index in [0.717, 1.165) is 20.9 Å². The van der Waals surface area contributed by atoms with Crippen molar-refractivity contribution in [3.8, 4) is 10.4 Å². The van der Waals surface area contributed by atoms with Gasteiger partial charge in [-0.3, -0.25) is 4.79 Å². The number of halogens is 1. The lowest BCUT2D eigenvalue weighted by Gasteiger charge is -2.31. The van der Waals surface area contributed by atoms with Crippen LogP contribution in [-0.4, -0.2) is 36.1 Å². The molecule has 0 atom stereocenters. The second kappa shape index (κ2) is 5.65. The van der Waals surface area contributed by atoms with E-state index in [2.05, 4.69) is 18.8 Å². The Balaban J connectivity index is 1.99. The molecule has 3 rings (SSSR count). The Morgan fingerprint density at radius 1 is 1.41 bits per heavy atom. The number of fused-ring (bicyclic) bond motifs is 1. The zero-order chi connectivity index (χ0) is 15.9. The van der Waals surface area contributed by atoms with Gasteiger partial charge in [0, 0.05) is 29.6 Å². The largest absolute Gasteiger partial charge is 0.383 e. The van der Waals surface area contributed by atoms with Crippen LogP contribution in [0.1, 0.15) is 29.1 Å². The molecule has 0 radical (unpaired) electrons. The summed E-state index contributed by atoms with van der Waals surface area (Å²) in [6.07, 6.45) is 1.68. The SMILES string of the molecule is COCCN1C(=O)c2cc(-c3ccnc(Cl)c3)sc2C1(C)C. The molecule has 0 spiro atoms. The molecule has 0 aliphatic carbocycles. The van der Waals surface area contributed by atoms with Gasteiger partial charge in [-0.05, 0) is 37.6 Å². The number of thiophene rings is 1. The van der Waals surface area contributed by atoms with Gasteiger partial charge in [0.25, 0.3) is 5.91 Å². The fourth-order valence-electron chi connectivity index (χ4n) is 2.79. The summed E-state index contributed by atoms with van der Waals surface area (Å²) in [6.45, 7) is 5.29. The molecule has 0 fully saturated rings. The van der Waals surface area contributed by atoms with Crippen LogP contribution in [0.25, 0.3) is 10.4 Å². The van der Waals surface area contributed by atoms with Crippen LogP contribution in [0.15, 0.2) is 24.4 Å². The lowest BCUT2D eigenvalue weighted by Crippen LogP contribution is -2.41. The van der Waals surface area contributed by atoms with Crippen molar-refractivity contribution in [1.82, 2.24) is 9.88 Å². The van der Waals surface area contributed by atoms with Gasteiger partial charge in [-0.1, -0.05) is 11.6 Å². The quantitative estimate of drug-likeness (QED) is 0.797. The van der Waals surface area contributed by atoms with Gasteiger partial charge < -0.3 is 9.64 Å². The highest BCUT2D eigenvalue weighted by Gasteiger charge is 2.44. The van der Waals surface area contributed by atoms with E-state index < -0.39 is 0 Å². The fourth-order valence-corrected chi connectivity index (χ4v) is 4.22. The average Bonchev–Trinajstić information content (AvgIpc) is 2.99. The average molecular weight is 337 g/mol. The highest BCUT2D eigenvalue weighted by atomic mass is 35.5. The van der Waals surface area contributed by atoms with Crippen LogP contribution in [0.4, 0.5) is 0 Å². The number of hydrogen-bond donors (Lipinski definition) is 0. The zero-order valence-electron chi connectivity index (χ0n) is 12.7. The zero-order valence-corrected chi connectivity index (χ0v) is 14.3. The van der Waals surface area contributed by atoms with Crippen LogP contribution in [0, 0.1) is 0 Å². The van der Waals surface area contributed by atoms with Crippen LogP contribution < -0.4 is 0 Å². The molecule has 3 heterocycles. The normalized spacial score (nSPS) is 16.2. The molecule has 1 amide bonds. The van der Waals surface area contributed by atoms with E-state index in [0.29, 0.717) is 18.3 Å². The van der Waals surface area contributed by atoms with E-state index in [-0.39, 0.29) is 11.4 Å². The molecule has 0 bridgehead atoms. The lowest BCUT2D eigenvalue weighted by molar-refractivity contribution is 0.0526. The van der Waals surface area contributed by atoms with Crippen molar-refractivity contribution in [1.29, 1.82) is 0 Å². The maximum absolute atomic E-state index is 12.7. The van der Waals surface area contributed by atoms with Gasteiger partial charge in [-0.2, -0.15) is 0 Å². The number of nitrogens with zero attached hydrogens (tertiary/aromatic N) is 2. The smallest absolute Gasteiger partial charge is 0.255 e. The van der Waals surface area contributed by atoms with Crippen molar-refractivity contribution in [2.24, 2.45) is 0 Å². The summed E-state index contributed by atoms with van der Waals surface area (Å²) in [4.78, 5) is 20.7. The summed E-state index contributed by atoms with van der Waals surface area (Å²) in [6, 6.07) is 5.69. The number of ether oxygens (including phenoxy) is 1. The molecule has 0 unspecified atom stereocenters. The summed E-state index contributed by atoms with van der Waals surface area (Å²) < 4.78 is 5.11. The molecule has 4 nitrogen and oxygen atoms in total. The van der Waals surface area contributed by atoms with Gasteiger partial charge in [-0.25, -0.2) is 4.98 Å². The van der Waals surface area contributed by atoms with Gasteiger partial charge >= 0.3 is 0 Å². The first-order valence-corrected chi connectivity index (χ1v) is 8.21. The minimum absolute atomic E-state index is 0.0692. The van der Waals surface area contributed by atoms with Crippen molar-refractivity contribution in [3.63, 3.8) is 0 Å². The van der Waals surface area contributed by atoms with E-state index in [4.69, 9.17) is 16.3 Å². The number of carbonyl (C=O) groups is 1. The first kappa shape index (κ1) is 15.5. The minimum Gasteiger partial charge on any atom is -0.383 e. The van der Waals surface area contributed by atoms with Crippen LogP contribution in [0.2, 0.25) is 5.15 Å². The predicted octanol–water partition coefficient (Wildman–Crippen LogP) is 3.80. The second-order valence-electron chi connectivity index (χ2n) is 5.73. The molecule has 0 N–H and O–H groups in total. The first-order valence-electron chi connectivity index (χ1n) is 7.02. The van der Waals surface area contributed by atoms with Crippen LogP contribution in [-0.2, 0) is 10.3 Å². The molecular weight excluding hydrogens is 320 g/mol. The van der Waals surface area contributed by atoms with Gasteiger partial charge in [0.1, 0.15) is 5.15 Å². The standard InChI is InChI=1S/C16H17ClN2O2S/c1-16(2)14-11(15(20)19(16)6-7-21-3)9-12(22-14)10-4-5-18-13(17)8-10/h4-5,8-9H,6-7H2,1-3H3. The summed E-state index contributed by atoms with van der Waals surface area (Å²) in [5.41, 5.74) is 1.46. The number of aromatic nitrogens is 1. The van der Waals surface area contributed by atoms with Crippen LogP contribution in [0.3, 0.4) is 0 Å². The number of pyridine rings is 1. The molecule has 116 valence electrons. The topological polar surface area (TPSA) is 42.4 Å². The van der Waals surface area contributed by atoms with E-state index >= 15 is 0 Å². The van der Waals surface area contributed by atoms with Crippen molar-refractivity contribution in [2.75, 3.05) is 20.3 Å². The Labute approximate surface area is 138 Å². The Morgan fingerprint density at radius 3 is 2.82 bits per heavy atom. The van der Waals surface area contributed by atoms with Gasteiger partial charge in [0.05, 0.1) is 17.7 Å². The molecule has 0 saturated carbocycles. The molecule has 1 aliphatic rings. The van der Waals surface area contributed by atoms with Crippen molar-refractivity contribution in [3.05, 3.63) is 40.0 Å². The Morgan fingerprint density at radius 2 is 2.18 bits per heavy atom. The molecule has 1 aliphatic heterocycles. The lowest BCUT2D eigenvalue weighted by atomic mass is 10.0. The number of hydrogen-bond acceptors (Lipinski definition) is 4. The van der Waals surface area contributed by atoms with Gasteiger partial charge in [0.15, 0.2) is 0 Å². The molecule has 2 aromatic rings. The van der Waals surface area contributed by atoms with E-state index in [1.165, 1.54) is 0 Å². The fraction of sp³-hybridized carbons (Fsp3) is 0.375. The van der Waals surface area contributed by atoms with Gasteiger partial charge in [0.2, 0.25) is 0 Å². The molecule has 0 aromatic carbocycles. The number of methoxy groups -OCH3 is 1. The molecule has 22 heavy (non-hydrogen) atoms. The van der Waals surface area contributed by atoms with Crippen molar-refractivity contribution >= 4 is 28.8 Å². The highest BCUT2D eigenvalue weighted by molar-refractivity contribution is 7.16. The van der Waals surface area contributed by atoms with Crippen molar-refractivity contribution in [2.45, 2.75) is 19.4 Å². The molecule has 2 aromatic heterocycles. The molecule has 6 heteroatoms. The van der Waals surface area contributed by atoms with Crippen molar-refractivity contribution < 1.29 is 9.53 Å². The Kier molecular flexibility index (Phi) is 3.97. The molecular formula is C16H17ClN2O2S. The first-order chi connectivity index (χ1) is 10.4. The monoisotopic (exact) mass is 336 g/mol. The van der Waals surface area contributed by atoms with E-state index in [1.807, 2.05) is 23.1 Å². The van der Waals surface area contributed by atoms with Gasteiger partial charge in [-0.15, -0.1) is 11.3 Å². The summed E-state index contributed by atoms with van der Waals surface area (Å²) >= 11 is 7.60. The third-order valence-electron chi connectivity index (χ3n) is 3.97. The Hall–Kier alpha value is -1.43. The summed E-state index contributed by atoms with van der Waals surface area (Å²) in [7, 11) is 1.65. The third kappa shape index (κ3) is 2.43. The number of carbonyl (C=O) groups excluding carboxylic acids is 1. The predicted molar refractivity (Wildman–Crippen MR) is 88.5 cm³/mol. The Bertz CT molecular complexity index is 727. The second-order valence-corrected chi connectivity index (χ2v) is 7.17. The maximum atomic E-state index is 12.7. The number of rotatable bonds is 4. The highest BCUT2D eigenvalue weighted by Crippen LogP contribution is 2.46. The number of amides is 1. The van der Waals surface area contributed by atoms with Crippen LogP contribution >= 0.6 is 22.9 Å². The summed E-state index contributed by atoms with van der Waals surface area (Å²) in [5.74, 6) is 0.0692.